The van der Waals surface area contributed by atoms with Gasteiger partial charge in [-0.05, 0) is 42.7 Å². The van der Waals surface area contributed by atoms with Crippen LogP contribution in [-0.4, -0.2) is 4.92 Å². The Balaban J connectivity index is 2.54. The molecule has 0 saturated heterocycles. The first-order valence-electron chi connectivity index (χ1n) is 6.07. The van der Waals surface area contributed by atoms with E-state index in [2.05, 4.69) is 0 Å². The van der Waals surface area contributed by atoms with E-state index in [1.165, 1.54) is 0 Å². The number of benzene rings is 2. The predicted octanol–water partition coefficient (Wildman–Crippen LogP) is 4.08. The highest BCUT2D eigenvalue weighted by Gasteiger charge is 2.14. The molecule has 0 aliphatic heterocycles. The number of rotatable bonds is 3. The minimum Gasteiger partial charge on any atom is -0.258 e. The fraction of sp³-hybridized carbons (Fsp3) is 0.125. The third-order valence-electron chi connectivity index (χ3n) is 3.20. The van der Waals surface area contributed by atoms with Crippen LogP contribution in [0.4, 0.5) is 0 Å². The van der Waals surface area contributed by atoms with Crippen LogP contribution in [0.2, 0.25) is 0 Å². The van der Waals surface area contributed by atoms with Gasteiger partial charge in [0.2, 0.25) is 0 Å². The van der Waals surface area contributed by atoms with Crippen molar-refractivity contribution < 1.29 is 4.92 Å². The van der Waals surface area contributed by atoms with Crippen molar-refractivity contribution in [1.29, 1.82) is 0 Å². The quantitative estimate of drug-likeness (QED) is 0.470. The molecule has 3 nitrogen and oxygen atoms in total. The van der Waals surface area contributed by atoms with Gasteiger partial charge in [0.1, 0.15) is 0 Å². The second-order valence-corrected chi connectivity index (χ2v) is 4.44. The third kappa shape index (κ3) is 2.88. The molecular formula is C16H15NO2. The van der Waals surface area contributed by atoms with Crippen LogP contribution in [0.3, 0.4) is 0 Å². The van der Waals surface area contributed by atoms with E-state index in [1.54, 1.807) is 30.3 Å². The average Bonchev–Trinajstić information content (AvgIpc) is 2.41. The SMILES string of the molecule is Cc1cccc(/C=C(\c2ccccc2)[N+](=O)[O-])c1C. The summed E-state index contributed by atoms with van der Waals surface area (Å²) in [5, 5.41) is 11.2. The maximum absolute atomic E-state index is 11.2. The van der Waals surface area contributed by atoms with Crippen molar-refractivity contribution in [2.45, 2.75) is 13.8 Å². The van der Waals surface area contributed by atoms with E-state index in [1.807, 2.05) is 38.1 Å². The van der Waals surface area contributed by atoms with E-state index in [0.717, 1.165) is 16.7 Å². The fourth-order valence-corrected chi connectivity index (χ4v) is 1.93. The Kier molecular flexibility index (Phi) is 3.76. The van der Waals surface area contributed by atoms with Gasteiger partial charge in [0.05, 0.1) is 10.5 Å². The van der Waals surface area contributed by atoms with E-state index in [-0.39, 0.29) is 10.6 Å². The Bertz CT molecular complexity index is 630. The smallest absolute Gasteiger partial charge is 0.258 e. The maximum atomic E-state index is 11.2. The lowest BCUT2D eigenvalue weighted by Crippen LogP contribution is -1.98. The second kappa shape index (κ2) is 5.48. The average molecular weight is 253 g/mol. The minimum atomic E-state index is -0.336. The van der Waals surface area contributed by atoms with Gasteiger partial charge < -0.3 is 0 Å². The topological polar surface area (TPSA) is 43.1 Å². The molecule has 0 N–H and O–H groups in total. The van der Waals surface area contributed by atoms with Gasteiger partial charge in [0, 0.05) is 6.08 Å². The van der Waals surface area contributed by atoms with Gasteiger partial charge in [-0.3, -0.25) is 10.1 Å². The number of nitro groups is 1. The monoisotopic (exact) mass is 253 g/mol. The van der Waals surface area contributed by atoms with Crippen LogP contribution in [0.5, 0.6) is 0 Å². The summed E-state index contributed by atoms with van der Waals surface area (Å²) in [6.45, 7) is 3.98. The summed E-state index contributed by atoms with van der Waals surface area (Å²) in [5.41, 5.74) is 3.82. The first-order chi connectivity index (χ1) is 9.09. The molecule has 0 unspecified atom stereocenters. The molecule has 0 spiro atoms. The van der Waals surface area contributed by atoms with Gasteiger partial charge in [-0.15, -0.1) is 0 Å². The van der Waals surface area contributed by atoms with Crippen LogP contribution >= 0.6 is 0 Å². The number of nitrogens with zero attached hydrogens (tertiary/aromatic N) is 1. The molecule has 19 heavy (non-hydrogen) atoms. The van der Waals surface area contributed by atoms with Crippen LogP contribution in [0, 0.1) is 24.0 Å². The molecule has 0 bridgehead atoms. The zero-order valence-electron chi connectivity index (χ0n) is 11.0. The molecule has 0 aliphatic carbocycles. The van der Waals surface area contributed by atoms with Gasteiger partial charge in [-0.1, -0.05) is 36.4 Å². The lowest BCUT2D eigenvalue weighted by molar-refractivity contribution is -0.374. The van der Waals surface area contributed by atoms with Crippen LogP contribution in [0.15, 0.2) is 48.5 Å². The second-order valence-electron chi connectivity index (χ2n) is 4.44. The van der Waals surface area contributed by atoms with Crippen molar-refractivity contribution >= 4 is 11.8 Å². The van der Waals surface area contributed by atoms with E-state index in [9.17, 15) is 10.1 Å². The van der Waals surface area contributed by atoms with Gasteiger partial charge >= 0.3 is 0 Å². The summed E-state index contributed by atoms with van der Waals surface area (Å²) in [4.78, 5) is 10.9. The normalized spacial score (nSPS) is 11.4. The highest BCUT2D eigenvalue weighted by atomic mass is 16.6. The summed E-state index contributed by atoms with van der Waals surface area (Å²) >= 11 is 0. The van der Waals surface area contributed by atoms with Gasteiger partial charge in [0.25, 0.3) is 5.70 Å². The zero-order chi connectivity index (χ0) is 13.8. The van der Waals surface area contributed by atoms with Gasteiger partial charge in [-0.25, -0.2) is 0 Å². The van der Waals surface area contributed by atoms with Crippen LogP contribution in [0.1, 0.15) is 22.3 Å². The molecule has 2 aromatic rings. The minimum absolute atomic E-state index is 0.120. The molecule has 2 rings (SSSR count). The van der Waals surface area contributed by atoms with Crippen molar-refractivity contribution in [3.8, 4) is 0 Å². The highest BCUT2D eigenvalue weighted by molar-refractivity contribution is 5.77. The van der Waals surface area contributed by atoms with E-state index >= 15 is 0 Å². The molecule has 0 aliphatic rings. The van der Waals surface area contributed by atoms with Gasteiger partial charge in [0.15, 0.2) is 0 Å². The molecule has 0 amide bonds. The Morgan fingerprint density at radius 2 is 1.74 bits per heavy atom. The van der Waals surface area contributed by atoms with Crippen molar-refractivity contribution in [3.05, 3.63) is 80.9 Å². The van der Waals surface area contributed by atoms with Crippen LogP contribution in [0.25, 0.3) is 11.8 Å². The molecule has 0 aromatic heterocycles. The Hall–Kier alpha value is -2.42. The van der Waals surface area contributed by atoms with Crippen LogP contribution < -0.4 is 0 Å². The molecule has 0 atom stereocenters. The number of hydrogen-bond donors (Lipinski definition) is 0. The Morgan fingerprint density at radius 1 is 1.05 bits per heavy atom. The lowest BCUT2D eigenvalue weighted by atomic mass is 10.0. The molecule has 2 aromatic carbocycles. The van der Waals surface area contributed by atoms with E-state index in [0.29, 0.717) is 5.56 Å². The summed E-state index contributed by atoms with van der Waals surface area (Å²) in [6, 6.07) is 14.8. The number of hydrogen-bond acceptors (Lipinski definition) is 2. The van der Waals surface area contributed by atoms with E-state index < -0.39 is 0 Å². The fourth-order valence-electron chi connectivity index (χ4n) is 1.93. The molecule has 96 valence electrons. The van der Waals surface area contributed by atoms with Crippen LogP contribution in [-0.2, 0) is 0 Å². The summed E-state index contributed by atoms with van der Waals surface area (Å²) in [7, 11) is 0. The molecular weight excluding hydrogens is 238 g/mol. The maximum Gasteiger partial charge on any atom is 0.277 e. The molecule has 0 heterocycles. The van der Waals surface area contributed by atoms with Crippen molar-refractivity contribution in [2.24, 2.45) is 0 Å². The Morgan fingerprint density at radius 3 is 2.37 bits per heavy atom. The number of aryl methyl sites for hydroxylation is 1. The highest BCUT2D eigenvalue weighted by Crippen LogP contribution is 2.22. The molecule has 0 radical (unpaired) electrons. The van der Waals surface area contributed by atoms with Gasteiger partial charge in [-0.2, -0.15) is 0 Å². The standard InChI is InChI=1S/C16H15NO2/c1-12-7-6-10-15(13(12)2)11-16(17(18)19)14-8-4-3-5-9-14/h3-11H,1-2H3/b16-11+. The molecule has 0 fully saturated rings. The summed E-state index contributed by atoms with van der Waals surface area (Å²) in [5.74, 6) is 0. The molecule has 3 heteroatoms. The lowest BCUT2D eigenvalue weighted by Gasteiger charge is -2.05. The molecule has 0 saturated carbocycles. The first-order valence-corrected chi connectivity index (χ1v) is 6.07. The first kappa shape index (κ1) is 13.0. The third-order valence-corrected chi connectivity index (χ3v) is 3.20. The zero-order valence-corrected chi connectivity index (χ0v) is 11.0. The summed E-state index contributed by atoms with van der Waals surface area (Å²) in [6.07, 6.45) is 1.64. The van der Waals surface area contributed by atoms with E-state index in [4.69, 9.17) is 0 Å². The largest absolute Gasteiger partial charge is 0.277 e. The van der Waals surface area contributed by atoms with Crippen molar-refractivity contribution in [1.82, 2.24) is 0 Å². The Labute approximate surface area is 112 Å². The predicted molar refractivity (Wildman–Crippen MR) is 77.2 cm³/mol. The van der Waals surface area contributed by atoms with Crippen molar-refractivity contribution in [2.75, 3.05) is 0 Å². The van der Waals surface area contributed by atoms with Crippen molar-refractivity contribution in [3.63, 3.8) is 0 Å². The summed E-state index contributed by atoms with van der Waals surface area (Å²) < 4.78 is 0.